The molecule has 1 rings (SSSR count). The summed E-state index contributed by atoms with van der Waals surface area (Å²) in [4.78, 5) is 0. The second-order valence-corrected chi connectivity index (χ2v) is 3.19. The second kappa shape index (κ2) is 4.14. The zero-order valence-electron chi connectivity index (χ0n) is 7.95. The summed E-state index contributed by atoms with van der Waals surface area (Å²) >= 11 is 0. The number of phenols is 1. The van der Waals surface area contributed by atoms with Crippen LogP contribution in [0, 0.1) is 0 Å². The van der Waals surface area contributed by atoms with Crippen LogP contribution in [0.4, 0.5) is 0 Å². The summed E-state index contributed by atoms with van der Waals surface area (Å²) in [6.07, 6.45) is 0.761. The van der Waals surface area contributed by atoms with E-state index in [0.29, 0.717) is 5.75 Å². The lowest BCUT2D eigenvalue weighted by atomic mass is 10.1. The zero-order chi connectivity index (χ0) is 9.84. The van der Waals surface area contributed by atoms with Gasteiger partial charge in [0.05, 0.1) is 7.11 Å². The summed E-state index contributed by atoms with van der Waals surface area (Å²) in [6, 6.07) is 5.43. The minimum absolute atomic E-state index is 0.104. The van der Waals surface area contributed by atoms with Gasteiger partial charge in [0.2, 0.25) is 0 Å². The first-order chi connectivity index (χ1) is 6.13. The third-order valence-electron chi connectivity index (χ3n) is 1.80. The molecule has 0 aliphatic rings. The summed E-state index contributed by atoms with van der Waals surface area (Å²) in [5.74, 6) is 0.661. The molecule has 0 saturated heterocycles. The maximum Gasteiger partial charge on any atom is 0.160 e. The molecule has 0 bridgehead atoms. The Morgan fingerprint density at radius 1 is 1.54 bits per heavy atom. The lowest BCUT2D eigenvalue weighted by Gasteiger charge is -2.07. The van der Waals surface area contributed by atoms with Crippen molar-refractivity contribution in [2.75, 3.05) is 7.11 Å². The quantitative estimate of drug-likeness (QED) is 0.738. The highest BCUT2D eigenvalue weighted by Crippen LogP contribution is 2.26. The van der Waals surface area contributed by atoms with E-state index in [-0.39, 0.29) is 11.8 Å². The number of methoxy groups -OCH3 is 1. The minimum Gasteiger partial charge on any atom is -0.504 e. The molecule has 0 radical (unpaired) electrons. The predicted molar refractivity (Wildman–Crippen MR) is 52.0 cm³/mol. The van der Waals surface area contributed by atoms with Crippen molar-refractivity contribution in [1.82, 2.24) is 0 Å². The van der Waals surface area contributed by atoms with Gasteiger partial charge in [-0.1, -0.05) is 6.07 Å². The SMILES string of the molecule is COc1ccc(C[C@H](C)N)cc1O. The van der Waals surface area contributed by atoms with E-state index in [1.165, 1.54) is 7.11 Å². The lowest BCUT2D eigenvalue weighted by molar-refractivity contribution is 0.373. The smallest absolute Gasteiger partial charge is 0.160 e. The molecule has 13 heavy (non-hydrogen) atoms. The molecular formula is C10H15NO2. The first-order valence-corrected chi connectivity index (χ1v) is 4.25. The molecule has 1 atom stereocenters. The summed E-state index contributed by atoms with van der Waals surface area (Å²) in [7, 11) is 1.53. The molecule has 0 aromatic heterocycles. The first-order valence-electron chi connectivity index (χ1n) is 4.25. The van der Waals surface area contributed by atoms with Gasteiger partial charge in [-0.05, 0) is 31.0 Å². The number of hydrogen-bond acceptors (Lipinski definition) is 3. The van der Waals surface area contributed by atoms with Crippen LogP contribution in [0.25, 0.3) is 0 Å². The largest absolute Gasteiger partial charge is 0.504 e. The summed E-state index contributed by atoms with van der Waals surface area (Å²) in [6.45, 7) is 1.93. The molecule has 0 heterocycles. The van der Waals surface area contributed by atoms with E-state index in [1.807, 2.05) is 13.0 Å². The van der Waals surface area contributed by atoms with Crippen LogP contribution >= 0.6 is 0 Å². The number of hydrogen-bond donors (Lipinski definition) is 2. The summed E-state index contributed by atoms with van der Waals surface area (Å²) in [5, 5.41) is 9.44. The van der Waals surface area contributed by atoms with Gasteiger partial charge in [0, 0.05) is 6.04 Å². The number of rotatable bonds is 3. The van der Waals surface area contributed by atoms with Crippen molar-refractivity contribution < 1.29 is 9.84 Å². The standard InChI is InChI=1S/C10H15NO2/c1-7(11)5-8-3-4-10(13-2)9(12)6-8/h3-4,6-7,12H,5,11H2,1-2H3/t7-/m0/s1. The predicted octanol–water partition coefficient (Wildman–Crippen LogP) is 1.29. The van der Waals surface area contributed by atoms with Gasteiger partial charge in [0.25, 0.3) is 0 Å². The van der Waals surface area contributed by atoms with Crippen molar-refractivity contribution in [1.29, 1.82) is 0 Å². The van der Waals surface area contributed by atoms with Crippen molar-refractivity contribution in [2.24, 2.45) is 5.73 Å². The average Bonchev–Trinajstić information content (AvgIpc) is 2.03. The number of phenolic OH excluding ortho intramolecular Hbond substituents is 1. The van der Waals surface area contributed by atoms with Gasteiger partial charge in [-0.25, -0.2) is 0 Å². The fraction of sp³-hybridized carbons (Fsp3) is 0.400. The van der Waals surface area contributed by atoms with Crippen LogP contribution in [0.15, 0.2) is 18.2 Å². The number of aromatic hydroxyl groups is 1. The van der Waals surface area contributed by atoms with Crippen LogP contribution in [0.3, 0.4) is 0 Å². The Bertz CT molecular complexity index is 284. The van der Waals surface area contributed by atoms with E-state index in [2.05, 4.69) is 0 Å². The third-order valence-corrected chi connectivity index (χ3v) is 1.80. The Morgan fingerprint density at radius 2 is 2.23 bits per heavy atom. The van der Waals surface area contributed by atoms with Gasteiger partial charge in [-0.3, -0.25) is 0 Å². The van der Waals surface area contributed by atoms with Crippen molar-refractivity contribution in [3.8, 4) is 11.5 Å². The molecule has 72 valence electrons. The van der Waals surface area contributed by atoms with E-state index in [9.17, 15) is 5.11 Å². The van der Waals surface area contributed by atoms with Crippen molar-refractivity contribution in [3.63, 3.8) is 0 Å². The molecule has 0 unspecified atom stereocenters. The molecule has 3 nitrogen and oxygen atoms in total. The topological polar surface area (TPSA) is 55.5 Å². The maximum atomic E-state index is 9.44. The molecule has 0 aliphatic carbocycles. The Labute approximate surface area is 78.1 Å². The van der Waals surface area contributed by atoms with E-state index in [4.69, 9.17) is 10.5 Å². The molecule has 0 fully saturated rings. The van der Waals surface area contributed by atoms with E-state index < -0.39 is 0 Å². The molecule has 0 aliphatic heterocycles. The first kappa shape index (κ1) is 9.86. The van der Waals surface area contributed by atoms with Crippen molar-refractivity contribution >= 4 is 0 Å². The monoisotopic (exact) mass is 181 g/mol. The normalized spacial score (nSPS) is 12.5. The van der Waals surface area contributed by atoms with Gasteiger partial charge in [-0.15, -0.1) is 0 Å². The van der Waals surface area contributed by atoms with Crippen LogP contribution in [0.1, 0.15) is 12.5 Å². The van der Waals surface area contributed by atoms with Crippen LogP contribution in [-0.4, -0.2) is 18.3 Å². The maximum absolute atomic E-state index is 9.44. The highest BCUT2D eigenvalue weighted by atomic mass is 16.5. The van der Waals surface area contributed by atoms with Crippen molar-refractivity contribution in [3.05, 3.63) is 23.8 Å². The molecule has 1 aromatic rings. The van der Waals surface area contributed by atoms with Crippen LogP contribution in [-0.2, 0) is 6.42 Å². The Hall–Kier alpha value is -1.22. The highest BCUT2D eigenvalue weighted by Gasteiger charge is 2.03. The molecular weight excluding hydrogens is 166 g/mol. The Balaban J connectivity index is 2.83. The van der Waals surface area contributed by atoms with Gasteiger partial charge >= 0.3 is 0 Å². The number of ether oxygens (including phenoxy) is 1. The van der Waals surface area contributed by atoms with Crippen LogP contribution in [0.5, 0.6) is 11.5 Å². The van der Waals surface area contributed by atoms with E-state index >= 15 is 0 Å². The lowest BCUT2D eigenvalue weighted by Crippen LogP contribution is -2.17. The minimum atomic E-state index is 0.104. The molecule has 1 aromatic carbocycles. The van der Waals surface area contributed by atoms with Gasteiger partial charge in [0.15, 0.2) is 11.5 Å². The number of nitrogens with two attached hydrogens (primary N) is 1. The van der Waals surface area contributed by atoms with Gasteiger partial charge < -0.3 is 15.6 Å². The molecule has 3 N–H and O–H groups in total. The molecule has 3 heteroatoms. The Morgan fingerprint density at radius 3 is 2.69 bits per heavy atom. The van der Waals surface area contributed by atoms with Crippen LogP contribution < -0.4 is 10.5 Å². The molecule has 0 saturated carbocycles. The zero-order valence-corrected chi connectivity index (χ0v) is 7.95. The van der Waals surface area contributed by atoms with E-state index in [0.717, 1.165) is 12.0 Å². The van der Waals surface area contributed by atoms with Gasteiger partial charge in [-0.2, -0.15) is 0 Å². The van der Waals surface area contributed by atoms with Gasteiger partial charge in [0.1, 0.15) is 0 Å². The third kappa shape index (κ3) is 2.63. The number of benzene rings is 1. The molecule has 0 amide bonds. The fourth-order valence-electron chi connectivity index (χ4n) is 1.23. The van der Waals surface area contributed by atoms with Crippen LogP contribution in [0.2, 0.25) is 0 Å². The van der Waals surface area contributed by atoms with E-state index in [1.54, 1.807) is 12.1 Å². The summed E-state index contributed by atoms with van der Waals surface area (Å²) < 4.78 is 4.92. The molecule has 0 spiro atoms. The van der Waals surface area contributed by atoms with Crippen molar-refractivity contribution in [2.45, 2.75) is 19.4 Å². The fourth-order valence-corrected chi connectivity index (χ4v) is 1.23. The second-order valence-electron chi connectivity index (χ2n) is 3.19. The average molecular weight is 181 g/mol. The summed E-state index contributed by atoms with van der Waals surface area (Å²) in [5.41, 5.74) is 6.65. The Kier molecular flexibility index (Phi) is 3.14. The highest BCUT2D eigenvalue weighted by molar-refractivity contribution is 5.41.